The molecule has 0 aliphatic rings. The van der Waals surface area contributed by atoms with E-state index in [4.69, 9.17) is 5.26 Å². The fraction of sp³-hybridized carbons (Fsp3) is 0.600. The average Bonchev–Trinajstić information content (AvgIpc) is 2.78. The lowest BCUT2D eigenvalue weighted by molar-refractivity contribution is 0.574. The number of imidazole rings is 1. The predicted octanol–water partition coefficient (Wildman–Crippen LogP) is 0.875. The Bertz CT molecular complexity index is 487. The summed E-state index contributed by atoms with van der Waals surface area (Å²) in [5, 5.41) is 8.37. The number of nitrogens with zero attached hydrogens (tertiary/aromatic N) is 3. The molecule has 0 saturated carbocycles. The molecule has 0 aliphatic carbocycles. The third-order valence-electron chi connectivity index (χ3n) is 2.26. The number of unbranched alkanes of at least 4 members (excludes halogenated alkanes) is 2. The van der Waals surface area contributed by atoms with Gasteiger partial charge in [-0.25, -0.2) is 18.1 Å². The standard InChI is InChI=1S/C10H16N4O2S/c1-2-14-8-10(12-9-14)17(15,16)13-7-5-3-4-6-11/h8-9,13H,2-5,7H2,1H3. The number of nitriles is 1. The summed E-state index contributed by atoms with van der Waals surface area (Å²) in [6, 6.07) is 2.02. The average molecular weight is 256 g/mol. The summed E-state index contributed by atoms with van der Waals surface area (Å²) in [6.07, 6.45) is 4.79. The molecule has 7 heteroatoms. The maximum Gasteiger partial charge on any atom is 0.259 e. The molecule has 1 N–H and O–H groups in total. The van der Waals surface area contributed by atoms with E-state index >= 15 is 0 Å². The smallest absolute Gasteiger partial charge is 0.259 e. The van der Waals surface area contributed by atoms with E-state index in [9.17, 15) is 8.42 Å². The van der Waals surface area contributed by atoms with Gasteiger partial charge in [0.1, 0.15) is 0 Å². The molecule has 6 nitrogen and oxygen atoms in total. The van der Waals surface area contributed by atoms with Crippen LogP contribution < -0.4 is 4.72 Å². The molecule has 0 aromatic carbocycles. The molecule has 0 atom stereocenters. The molecule has 0 spiro atoms. The van der Waals surface area contributed by atoms with Gasteiger partial charge in [0.25, 0.3) is 10.0 Å². The topological polar surface area (TPSA) is 87.8 Å². The number of sulfonamides is 1. The van der Waals surface area contributed by atoms with E-state index in [0.29, 0.717) is 32.4 Å². The highest BCUT2D eigenvalue weighted by Gasteiger charge is 2.15. The van der Waals surface area contributed by atoms with Gasteiger partial charge in [-0.3, -0.25) is 0 Å². The first-order valence-corrected chi connectivity index (χ1v) is 6.97. The minimum absolute atomic E-state index is 0.0413. The van der Waals surface area contributed by atoms with Crippen LogP contribution >= 0.6 is 0 Å². The van der Waals surface area contributed by atoms with Crippen molar-refractivity contribution in [3.05, 3.63) is 12.5 Å². The number of hydrogen-bond donors (Lipinski definition) is 1. The molecule has 1 aromatic heterocycles. The van der Waals surface area contributed by atoms with Crippen LogP contribution in [0.25, 0.3) is 0 Å². The molecule has 1 heterocycles. The van der Waals surface area contributed by atoms with Crippen molar-refractivity contribution in [1.29, 1.82) is 5.26 Å². The number of rotatable bonds is 7. The first-order valence-electron chi connectivity index (χ1n) is 5.48. The number of aromatic nitrogens is 2. The largest absolute Gasteiger partial charge is 0.336 e. The van der Waals surface area contributed by atoms with Crippen molar-refractivity contribution >= 4 is 10.0 Å². The molecule has 0 fully saturated rings. The summed E-state index contributed by atoms with van der Waals surface area (Å²) in [5.41, 5.74) is 0. The maximum atomic E-state index is 11.7. The predicted molar refractivity (Wildman–Crippen MR) is 62.6 cm³/mol. The van der Waals surface area contributed by atoms with Gasteiger partial charge in [-0.15, -0.1) is 0 Å². The lowest BCUT2D eigenvalue weighted by Gasteiger charge is -2.02. The second-order valence-electron chi connectivity index (χ2n) is 3.56. The third-order valence-corrected chi connectivity index (χ3v) is 3.60. The quantitative estimate of drug-likeness (QED) is 0.733. The van der Waals surface area contributed by atoms with Crippen LogP contribution in [0, 0.1) is 11.3 Å². The van der Waals surface area contributed by atoms with Crippen LogP contribution in [-0.2, 0) is 16.6 Å². The first-order chi connectivity index (χ1) is 8.10. The molecule has 1 rings (SSSR count). The zero-order chi connectivity index (χ0) is 12.7. The van der Waals surface area contributed by atoms with Gasteiger partial charge in [0, 0.05) is 25.7 Å². The third kappa shape index (κ3) is 4.17. The minimum Gasteiger partial charge on any atom is -0.336 e. The second kappa shape index (κ2) is 6.37. The molecule has 0 aliphatic heterocycles. The van der Waals surface area contributed by atoms with Crippen LogP contribution in [0.4, 0.5) is 0 Å². The Morgan fingerprint density at radius 1 is 1.53 bits per heavy atom. The number of hydrogen-bond acceptors (Lipinski definition) is 4. The molecular weight excluding hydrogens is 240 g/mol. The molecule has 0 unspecified atom stereocenters. The maximum absolute atomic E-state index is 11.7. The first kappa shape index (κ1) is 13.7. The van der Waals surface area contributed by atoms with E-state index in [1.165, 1.54) is 12.5 Å². The van der Waals surface area contributed by atoms with Gasteiger partial charge in [0.15, 0.2) is 5.03 Å². The number of aryl methyl sites for hydroxylation is 1. The zero-order valence-corrected chi connectivity index (χ0v) is 10.6. The van der Waals surface area contributed by atoms with Crippen molar-refractivity contribution in [2.45, 2.75) is 37.8 Å². The summed E-state index contributed by atoms with van der Waals surface area (Å²) in [7, 11) is -3.50. The van der Waals surface area contributed by atoms with Crippen molar-refractivity contribution in [3.63, 3.8) is 0 Å². The molecule has 0 radical (unpaired) electrons. The summed E-state index contributed by atoms with van der Waals surface area (Å²) in [4.78, 5) is 3.83. The second-order valence-corrected chi connectivity index (χ2v) is 5.27. The lowest BCUT2D eigenvalue weighted by atomic mass is 10.2. The monoisotopic (exact) mass is 256 g/mol. The Kier molecular flexibility index (Phi) is 5.12. The Labute approximate surface area is 101 Å². The van der Waals surface area contributed by atoms with Gasteiger partial charge in [0.05, 0.1) is 12.4 Å². The summed E-state index contributed by atoms with van der Waals surface area (Å²) in [5.74, 6) is 0. The highest BCUT2D eigenvalue weighted by atomic mass is 32.2. The van der Waals surface area contributed by atoms with Crippen LogP contribution in [0.5, 0.6) is 0 Å². The van der Waals surface area contributed by atoms with E-state index < -0.39 is 10.0 Å². The normalized spacial score (nSPS) is 11.3. The number of nitrogens with one attached hydrogen (secondary N) is 1. The SMILES string of the molecule is CCn1cnc(S(=O)(=O)NCCCCC#N)c1. The summed E-state index contributed by atoms with van der Waals surface area (Å²) in [6.45, 7) is 2.93. The van der Waals surface area contributed by atoms with Crippen LogP contribution in [-0.4, -0.2) is 24.5 Å². The molecular formula is C10H16N4O2S. The van der Waals surface area contributed by atoms with Crippen LogP contribution in [0.1, 0.15) is 26.2 Å². The molecule has 0 bridgehead atoms. The van der Waals surface area contributed by atoms with Crippen LogP contribution in [0.2, 0.25) is 0 Å². The molecule has 94 valence electrons. The fourth-order valence-electron chi connectivity index (χ4n) is 1.26. The molecule has 0 saturated heterocycles. The van der Waals surface area contributed by atoms with Gasteiger partial charge in [-0.05, 0) is 19.8 Å². The summed E-state index contributed by atoms with van der Waals surface area (Å²) < 4.78 is 27.6. The highest BCUT2D eigenvalue weighted by Crippen LogP contribution is 2.05. The van der Waals surface area contributed by atoms with E-state index in [-0.39, 0.29) is 5.03 Å². The Hall–Kier alpha value is -1.39. The van der Waals surface area contributed by atoms with Gasteiger partial charge < -0.3 is 4.57 Å². The zero-order valence-electron chi connectivity index (χ0n) is 9.76. The van der Waals surface area contributed by atoms with E-state index in [0.717, 1.165) is 0 Å². The lowest BCUT2D eigenvalue weighted by Crippen LogP contribution is -2.25. The Balaban J connectivity index is 2.49. The van der Waals surface area contributed by atoms with Crippen molar-refractivity contribution < 1.29 is 8.42 Å². The van der Waals surface area contributed by atoms with Gasteiger partial charge in [-0.2, -0.15) is 5.26 Å². The van der Waals surface area contributed by atoms with Crippen LogP contribution in [0.3, 0.4) is 0 Å². The minimum atomic E-state index is -3.50. The van der Waals surface area contributed by atoms with Crippen molar-refractivity contribution in [2.24, 2.45) is 0 Å². The van der Waals surface area contributed by atoms with Crippen molar-refractivity contribution in [2.75, 3.05) is 6.54 Å². The van der Waals surface area contributed by atoms with Crippen molar-refractivity contribution in [1.82, 2.24) is 14.3 Å². The van der Waals surface area contributed by atoms with Gasteiger partial charge >= 0.3 is 0 Å². The van der Waals surface area contributed by atoms with E-state index in [2.05, 4.69) is 9.71 Å². The van der Waals surface area contributed by atoms with Crippen LogP contribution in [0.15, 0.2) is 17.6 Å². The molecule has 0 amide bonds. The summed E-state index contributed by atoms with van der Waals surface area (Å²) >= 11 is 0. The van der Waals surface area contributed by atoms with Gasteiger partial charge in [-0.1, -0.05) is 0 Å². The van der Waals surface area contributed by atoms with E-state index in [1.807, 2.05) is 13.0 Å². The molecule has 1 aromatic rings. The molecule has 17 heavy (non-hydrogen) atoms. The van der Waals surface area contributed by atoms with Crippen molar-refractivity contribution in [3.8, 4) is 6.07 Å². The van der Waals surface area contributed by atoms with E-state index in [1.54, 1.807) is 4.57 Å². The fourth-order valence-corrected chi connectivity index (χ4v) is 2.28. The Morgan fingerprint density at radius 3 is 2.88 bits per heavy atom. The van der Waals surface area contributed by atoms with Gasteiger partial charge in [0.2, 0.25) is 0 Å². The Morgan fingerprint density at radius 2 is 2.29 bits per heavy atom. The highest BCUT2D eigenvalue weighted by molar-refractivity contribution is 7.89.